The number of nitrogens with zero attached hydrogens (tertiary/aromatic N) is 3. The molecule has 0 amide bonds. The van der Waals surface area contributed by atoms with E-state index < -0.39 is 0 Å². The van der Waals surface area contributed by atoms with Crippen molar-refractivity contribution in [2.45, 2.75) is 4.43 Å². The molecule has 0 spiro atoms. The van der Waals surface area contributed by atoms with Gasteiger partial charge in [0, 0.05) is 17.0 Å². The molecule has 0 fully saturated rings. The Hall–Kier alpha value is -1.70. The predicted molar refractivity (Wildman–Crippen MR) is 84.0 cm³/mol. The van der Waals surface area contributed by atoms with Gasteiger partial charge < -0.3 is 4.57 Å². The summed E-state index contributed by atoms with van der Waals surface area (Å²) in [5, 5.41) is 0. The minimum atomic E-state index is -0.326. The molecule has 0 radical (unpaired) electrons. The Morgan fingerprint density at radius 2 is 2.00 bits per heavy atom. The van der Waals surface area contributed by atoms with Gasteiger partial charge in [-0.2, -0.15) is 0 Å². The van der Waals surface area contributed by atoms with Crippen molar-refractivity contribution < 1.29 is 4.39 Å². The summed E-state index contributed by atoms with van der Waals surface area (Å²) in [5.74, 6) is -0.326. The maximum Gasteiger partial charge on any atom is 0.260 e. The number of alkyl halides is 1. The van der Waals surface area contributed by atoms with Crippen LogP contribution >= 0.6 is 22.6 Å². The van der Waals surface area contributed by atoms with E-state index in [1.165, 1.54) is 12.1 Å². The fourth-order valence-corrected chi connectivity index (χ4v) is 2.75. The summed E-state index contributed by atoms with van der Waals surface area (Å²) in [6.07, 6.45) is 1.67. The number of pyridine rings is 1. The van der Waals surface area contributed by atoms with Gasteiger partial charge in [-0.15, -0.1) is 0 Å². The molecular weight excluding hydrogens is 372 g/mol. The number of halogens is 2. The van der Waals surface area contributed by atoms with E-state index in [4.69, 9.17) is 0 Å². The molecule has 3 rings (SSSR count). The second-order valence-corrected chi connectivity index (χ2v) is 5.25. The number of hydrogen-bond donors (Lipinski definition) is 0. The lowest BCUT2D eigenvalue weighted by atomic mass is 10.2. The first kappa shape index (κ1) is 13.3. The van der Waals surface area contributed by atoms with Crippen molar-refractivity contribution in [3.05, 3.63) is 58.4 Å². The molecule has 0 unspecified atom stereocenters. The first-order chi connectivity index (χ1) is 9.61. The lowest BCUT2D eigenvalue weighted by Gasteiger charge is -2.11. The zero-order valence-electron chi connectivity index (χ0n) is 10.7. The van der Waals surface area contributed by atoms with E-state index in [1.54, 1.807) is 27.6 Å². The second kappa shape index (κ2) is 5.01. The van der Waals surface area contributed by atoms with Crippen molar-refractivity contribution >= 4 is 33.8 Å². The molecule has 0 bridgehead atoms. The summed E-state index contributed by atoms with van der Waals surface area (Å²) < 4.78 is 17.0. The number of hydrogen-bond acceptors (Lipinski definition) is 2. The summed E-state index contributed by atoms with van der Waals surface area (Å²) >= 11 is 2.15. The molecule has 2 aromatic heterocycles. The maximum atomic E-state index is 13.1. The molecule has 0 aliphatic carbocycles. The molecule has 0 saturated carbocycles. The third-order valence-corrected chi connectivity index (χ3v) is 3.98. The van der Waals surface area contributed by atoms with Crippen LogP contribution in [-0.4, -0.2) is 14.1 Å². The van der Waals surface area contributed by atoms with Crippen LogP contribution in [0, 0.1) is 5.82 Å². The van der Waals surface area contributed by atoms with Crippen molar-refractivity contribution in [1.82, 2.24) is 14.1 Å². The van der Waals surface area contributed by atoms with Crippen molar-refractivity contribution in [2.75, 3.05) is 0 Å². The lowest BCUT2D eigenvalue weighted by Crippen LogP contribution is -2.23. The topological polar surface area (TPSA) is 39.8 Å². The summed E-state index contributed by atoms with van der Waals surface area (Å²) in [4.78, 5) is 16.9. The molecule has 1 aromatic carbocycles. The van der Waals surface area contributed by atoms with E-state index >= 15 is 0 Å². The van der Waals surface area contributed by atoms with Gasteiger partial charge in [-0.25, -0.2) is 9.37 Å². The molecule has 0 saturated heterocycles. The number of benzene rings is 1. The maximum absolute atomic E-state index is 13.1. The predicted octanol–water partition coefficient (Wildman–Crippen LogP) is 2.80. The minimum absolute atomic E-state index is 0.0953. The molecule has 4 nitrogen and oxygen atoms in total. The Kier molecular flexibility index (Phi) is 3.33. The number of fused-ring (bicyclic) bond motifs is 1. The van der Waals surface area contributed by atoms with Crippen molar-refractivity contribution in [1.29, 1.82) is 0 Å². The van der Waals surface area contributed by atoms with Crippen LogP contribution in [0.5, 0.6) is 0 Å². The highest BCUT2D eigenvalue weighted by atomic mass is 127. The van der Waals surface area contributed by atoms with E-state index in [9.17, 15) is 9.18 Å². The minimum Gasteiger partial charge on any atom is -0.319 e. The monoisotopic (exact) mass is 383 g/mol. The largest absolute Gasteiger partial charge is 0.319 e. The van der Waals surface area contributed by atoms with Crippen molar-refractivity contribution in [2.24, 2.45) is 7.05 Å². The highest BCUT2D eigenvalue weighted by Crippen LogP contribution is 2.17. The fourth-order valence-electron chi connectivity index (χ4n) is 2.21. The molecule has 0 aliphatic rings. The number of rotatable bonds is 2. The standard InChI is InChI=1S/C14H11FIN3O/c1-18-8-17-12-6-9(7-16)14(20)19(13(12)18)11-4-2-10(15)3-5-11/h2-6,8H,7H2,1H3. The third-order valence-electron chi connectivity index (χ3n) is 3.16. The number of imidazole rings is 1. The van der Waals surface area contributed by atoms with E-state index in [0.717, 1.165) is 5.52 Å². The van der Waals surface area contributed by atoms with Gasteiger partial charge >= 0.3 is 0 Å². The molecular formula is C14H11FIN3O. The summed E-state index contributed by atoms with van der Waals surface area (Å²) in [7, 11) is 1.83. The van der Waals surface area contributed by atoms with Crippen LogP contribution in [0.4, 0.5) is 4.39 Å². The molecule has 0 aliphatic heterocycles. The van der Waals surface area contributed by atoms with Gasteiger partial charge in [0.2, 0.25) is 0 Å². The van der Waals surface area contributed by atoms with E-state index in [2.05, 4.69) is 27.6 Å². The summed E-state index contributed by atoms with van der Waals surface area (Å²) in [5.41, 5.74) is 2.68. The molecule has 0 N–H and O–H groups in total. The zero-order chi connectivity index (χ0) is 14.3. The molecule has 3 aromatic rings. The van der Waals surface area contributed by atoms with Crippen LogP contribution in [0.1, 0.15) is 5.56 Å². The normalized spacial score (nSPS) is 11.2. The lowest BCUT2D eigenvalue weighted by molar-refractivity contribution is 0.627. The summed E-state index contributed by atoms with van der Waals surface area (Å²) in [6, 6.07) is 7.70. The third kappa shape index (κ3) is 2.04. The molecule has 0 atom stereocenters. The second-order valence-electron chi connectivity index (χ2n) is 4.48. The van der Waals surface area contributed by atoms with E-state index in [1.807, 2.05) is 13.1 Å². The van der Waals surface area contributed by atoms with Crippen molar-refractivity contribution in [3.63, 3.8) is 0 Å². The Bertz CT molecular complexity index is 836. The summed E-state index contributed by atoms with van der Waals surface area (Å²) in [6.45, 7) is 0. The van der Waals surface area contributed by atoms with Crippen LogP contribution in [0.2, 0.25) is 0 Å². The molecule has 2 heterocycles. The van der Waals surface area contributed by atoms with Crippen LogP contribution in [0.15, 0.2) is 41.5 Å². The van der Waals surface area contributed by atoms with Gasteiger partial charge in [0.15, 0.2) is 0 Å². The molecule has 102 valence electrons. The zero-order valence-corrected chi connectivity index (χ0v) is 12.8. The van der Waals surface area contributed by atoms with Gasteiger partial charge in [-0.3, -0.25) is 9.36 Å². The molecule has 6 heteroatoms. The highest BCUT2D eigenvalue weighted by Gasteiger charge is 2.13. The Labute approximate surface area is 128 Å². The Balaban J connectivity index is 2.43. The Morgan fingerprint density at radius 1 is 1.30 bits per heavy atom. The van der Waals surface area contributed by atoms with Crippen LogP contribution < -0.4 is 5.56 Å². The first-order valence-corrected chi connectivity index (χ1v) is 7.52. The average Bonchev–Trinajstić information content (AvgIpc) is 2.81. The van der Waals surface area contributed by atoms with E-state index in [0.29, 0.717) is 21.3 Å². The number of aromatic nitrogens is 3. The highest BCUT2D eigenvalue weighted by molar-refractivity contribution is 14.1. The Morgan fingerprint density at radius 3 is 2.65 bits per heavy atom. The van der Waals surface area contributed by atoms with Gasteiger partial charge in [0.05, 0.1) is 12.0 Å². The van der Waals surface area contributed by atoms with Crippen molar-refractivity contribution in [3.8, 4) is 5.69 Å². The van der Waals surface area contributed by atoms with Crippen LogP contribution in [0.25, 0.3) is 16.9 Å². The average molecular weight is 383 g/mol. The fraction of sp³-hybridized carbons (Fsp3) is 0.143. The number of aryl methyl sites for hydroxylation is 1. The van der Waals surface area contributed by atoms with Gasteiger partial charge in [-0.05, 0) is 30.3 Å². The van der Waals surface area contributed by atoms with Gasteiger partial charge in [-0.1, -0.05) is 22.6 Å². The quantitative estimate of drug-likeness (QED) is 0.505. The van der Waals surface area contributed by atoms with Gasteiger partial charge in [0.25, 0.3) is 5.56 Å². The molecule has 20 heavy (non-hydrogen) atoms. The van der Waals surface area contributed by atoms with Crippen LogP contribution in [-0.2, 0) is 11.5 Å². The van der Waals surface area contributed by atoms with Crippen LogP contribution in [0.3, 0.4) is 0 Å². The smallest absolute Gasteiger partial charge is 0.260 e. The first-order valence-electron chi connectivity index (χ1n) is 5.99. The van der Waals surface area contributed by atoms with Gasteiger partial charge in [0.1, 0.15) is 17.0 Å². The SMILES string of the molecule is Cn1cnc2cc(CI)c(=O)n(-c3ccc(F)cc3)c21. The van der Waals surface area contributed by atoms with E-state index in [-0.39, 0.29) is 11.4 Å².